The van der Waals surface area contributed by atoms with Gasteiger partial charge in [0.05, 0.1) is 5.75 Å². The van der Waals surface area contributed by atoms with Crippen molar-refractivity contribution in [3.63, 3.8) is 0 Å². The molecule has 1 amide bonds. The molecule has 0 aliphatic carbocycles. The molecule has 0 bridgehead atoms. The van der Waals surface area contributed by atoms with Gasteiger partial charge in [0, 0.05) is 24.0 Å². The van der Waals surface area contributed by atoms with Crippen LogP contribution in [0.25, 0.3) is 11.5 Å². The third-order valence-electron chi connectivity index (χ3n) is 3.19. The molecule has 6 nitrogen and oxygen atoms in total. The summed E-state index contributed by atoms with van der Waals surface area (Å²) in [6.45, 7) is 0. The number of pyridine rings is 1. The fraction of sp³-hybridized carbons (Fsp3) is 0.125. The van der Waals surface area contributed by atoms with Gasteiger partial charge in [-0.2, -0.15) is 0 Å². The number of hydrogen-bond acceptors (Lipinski definition) is 5. The minimum absolute atomic E-state index is 0.121. The zero-order valence-corrected chi connectivity index (χ0v) is 14.4. The summed E-state index contributed by atoms with van der Waals surface area (Å²) in [5, 5.41) is 12.4. The van der Waals surface area contributed by atoms with E-state index in [1.54, 1.807) is 30.5 Å². The van der Waals surface area contributed by atoms with Crippen LogP contribution in [-0.2, 0) is 11.8 Å². The number of anilines is 1. The van der Waals surface area contributed by atoms with Crippen molar-refractivity contribution >= 4 is 35.0 Å². The Kier molecular flexibility index (Phi) is 5.12. The molecule has 0 unspecified atom stereocenters. The quantitative estimate of drug-likeness (QED) is 0.708. The number of thioether (sulfide) groups is 1. The Morgan fingerprint density at radius 2 is 2.00 bits per heavy atom. The first-order valence-electron chi connectivity index (χ1n) is 7.12. The molecule has 0 fully saturated rings. The lowest BCUT2D eigenvalue weighted by atomic mass is 10.3. The number of carbonyl (C=O) groups is 1. The average Bonchev–Trinajstić information content (AvgIpc) is 2.97. The largest absolute Gasteiger partial charge is 0.325 e. The van der Waals surface area contributed by atoms with Gasteiger partial charge >= 0.3 is 0 Å². The first kappa shape index (κ1) is 16.5. The van der Waals surface area contributed by atoms with Crippen molar-refractivity contribution in [3.05, 3.63) is 53.7 Å². The van der Waals surface area contributed by atoms with Crippen LogP contribution >= 0.6 is 23.4 Å². The van der Waals surface area contributed by atoms with Crippen LogP contribution in [0.3, 0.4) is 0 Å². The summed E-state index contributed by atoms with van der Waals surface area (Å²) in [7, 11) is 1.85. The van der Waals surface area contributed by atoms with Crippen LogP contribution < -0.4 is 5.32 Å². The molecule has 0 spiro atoms. The van der Waals surface area contributed by atoms with Crippen LogP contribution in [0, 0.1) is 0 Å². The number of benzene rings is 1. The molecule has 0 aliphatic heterocycles. The van der Waals surface area contributed by atoms with Gasteiger partial charge in [-0.15, -0.1) is 10.2 Å². The minimum atomic E-state index is -0.121. The zero-order chi connectivity index (χ0) is 16.9. The highest BCUT2D eigenvalue weighted by molar-refractivity contribution is 7.99. The number of amides is 1. The van der Waals surface area contributed by atoms with E-state index in [0.717, 1.165) is 5.69 Å². The topological polar surface area (TPSA) is 72.7 Å². The molecule has 8 heteroatoms. The maximum Gasteiger partial charge on any atom is 0.234 e. The number of halogens is 1. The number of carbonyl (C=O) groups excluding carboxylic acids is 1. The summed E-state index contributed by atoms with van der Waals surface area (Å²) < 4.78 is 1.82. The number of rotatable bonds is 5. The van der Waals surface area contributed by atoms with Gasteiger partial charge in [-0.05, 0) is 36.4 Å². The van der Waals surface area contributed by atoms with E-state index in [2.05, 4.69) is 20.5 Å². The average molecular weight is 360 g/mol. The highest BCUT2D eigenvalue weighted by atomic mass is 35.5. The molecular weight excluding hydrogens is 346 g/mol. The van der Waals surface area contributed by atoms with Gasteiger partial charge in [-0.1, -0.05) is 29.4 Å². The molecule has 0 atom stereocenters. The molecule has 0 saturated heterocycles. The second kappa shape index (κ2) is 7.46. The SMILES string of the molecule is Cn1c(SCC(=O)Nc2ccc(Cl)cc2)nnc1-c1ccccn1. The van der Waals surface area contributed by atoms with Crippen molar-refractivity contribution in [3.8, 4) is 11.5 Å². The third-order valence-corrected chi connectivity index (χ3v) is 4.46. The third kappa shape index (κ3) is 3.93. The number of hydrogen-bond donors (Lipinski definition) is 1. The van der Waals surface area contributed by atoms with Crippen molar-refractivity contribution < 1.29 is 4.79 Å². The van der Waals surface area contributed by atoms with Gasteiger partial charge in [0.2, 0.25) is 5.91 Å². The van der Waals surface area contributed by atoms with E-state index < -0.39 is 0 Å². The van der Waals surface area contributed by atoms with Crippen molar-refractivity contribution in [2.24, 2.45) is 7.05 Å². The van der Waals surface area contributed by atoms with E-state index in [4.69, 9.17) is 11.6 Å². The van der Waals surface area contributed by atoms with Crippen LogP contribution in [0.4, 0.5) is 5.69 Å². The van der Waals surface area contributed by atoms with Gasteiger partial charge in [0.25, 0.3) is 0 Å². The summed E-state index contributed by atoms with van der Waals surface area (Å²) in [5.74, 6) is 0.775. The molecule has 3 aromatic rings. The first-order valence-corrected chi connectivity index (χ1v) is 8.49. The smallest absolute Gasteiger partial charge is 0.234 e. The Labute approximate surface area is 148 Å². The normalized spacial score (nSPS) is 10.6. The van der Waals surface area contributed by atoms with Crippen molar-refractivity contribution in [1.82, 2.24) is 19.7 Å². The van der Waals surface area contributed by atoms with Crippen molar-refractivity contribution in [2.75, 3.05) is 11.1 Å². The maximum absolute atomic E-state index is 12.0. The molecule has 1 aromatic carbocycles. The molecule has 24 heavy (non-hydrogen) atoms. The predicted octanol–water partition coefficient (Wildman–Crippen LogP) is 3.26. The van der Waals surface area contributed by atoms with E-state index in [1.165, 1.54) is 11.8 Å². The van der Waals surface area contributed by atoms with Crippen LogP contribution in [-0.4, -0.2) is 31.4 Å². The Morgan fingerprint density at radius 3 is 2.71 bits per heavy atom. The standard InChI is InChI=1S/C16H14ClN5OS/c1-22-15(13-4-2-3-9-18-13)20-21-16(22)24-10-14(23)19-12-7-5-11(17)6-8-12/h2-9H,10H2,1H3,(H,19,23). The lowest BCUT2D eigenvalue weighted by molar-refractivity contribution is -0.113. The summed E-state index contributed by atoms with van der Waals surface area (Å²) in [6.07, 6.45) is 1.70. The van der Waals surface area contributed by atoms with Gasteiger partial charge in [0.1, 0.15) is 5.69 Å². The lowest BCUT2D eigenvalue weighted by Gasteiger charge is -2.05. The Bertz CT molecular complexity index is 835. The van der Waals surface area contributed by atoms with Crippen molar-refractivity contribution in [1.29, 1.82) is 0 Å². The lowest BCUT2D eigenvalue weighted by Crippen LogP contribution is -2.14. The second-order valence-electron chi connectivity index (χ2n) is 4.92. The highest BCUT2D eigenvalue weighted by Gasteiger charge is 2.13. The second-order valence-corrected chi connectivity index (χ2v) is 6.30. The molecule has 2 heterocycles. The summed E-state index contributed by atoms with van der Waals surface area (Å²) >= 11 is 7.14. The molecule has 0 radical (unpaired) electrons. The summed E-state index contributed by atoms with van der Waals surface area (Å²) in [5.41, 5.74) is 1.45. The fourth-order valence-corrected chi connectivity index (χ4v) is 2.86. The van der Waals surface area contributed by atoms with Gasteiger partial charge in [-0.3, -0.25) is 9.78 Å². The zero-order valence-electron chi connectivity index (χ0n) is 12.8. The van der Waals surface area contributed by atoms with Gasteiger partial charge in [-0.25, -0.2) is 0 Å². The molecule has 3 rings (SSSR count). The van der Waals surface area contributed by atoms with Crippen LogP contribution in [0.1, 0.15) is 0 Å². The summed E-state index contributed by atoms with van der Waals surface area (Å²) in [6, 6.07) is 12.6. The molecule has 0 aliphatic rings. The number of aromatic nitrogens is 4. The fourth-order valence-electron chi connectivity index (χ4n) is 2.02. The van der Waals surface area contributed by atoms with Crippen LogP contribution in [0.2, 0.25) is 5.02 Å². The maximum atomic E-state index is 12.0. The van der Waals surface area contributed by atoms with Gasteiger partial charge < -0.3 is 9.88 Å². The Hall–Kier alpha value is -2.38. The van der Waals surface area contributed by atoms with Crippen LogP contribution in [0.15, 0.2) is 53.8 Å². The van der Waals surface area contributed by atoms with E-state index in [-0.39, 0.29) is 11.7 Å². The van der Waals surface area contributed by atoms with E-state index >= 15 is 0 Å². The molecular formula is C16H14ClN5OS. The Balaban J connectivity index is 1.62. The monoisotopic (exact) mass is 359 g/mol. The highest BCUT2D eigenvalue weighted by Crippen LogP contribution is 2.21. The molecule has 0 saturated carbocycles. The van der Waals surface area contributed by atoms with Crippen molar-refractivity contribution in [2.45, 2.75) is 5.16 Å². The van der Waals surface area contributed by atoms with E-state index in [9.17, 15) is 4.79 Å². The van der Waals surface area contributed by atoms with Crippen LogP contribution in [0.5, 0.6) is 0 Å². The van der Waals surface area contributed by atoms with Gasteiger partial charge in [0.15, 0.2) is 11.0 Å². The number of nitrogens with one attached hydrogen (secondary N) is 1. The Morgan fingerprint density at radius 1 is 1.21 bits per heavy atom. The molecule has 2 aromatic heterocycles. The minimum Gasteiger partial charge on any atom is -0.325 e. The molecule has 122 valence electrons. The number of nitrogens with zero attached hydrogens (tertiary/aromatic N) is 4. The van der Waals surface area contributed by atoms with E-state index in [0.29, 0.717) is 21.7 Å². The predicted molar refractivity (Wildman–Crippen MR) is 95.0 cm³/mol. The van der Waals surface area contributed by atoms with E-state index in [1.807, 2.05) is 29.8 Å². The first-order chi connectivity index (χ1) is 11.6. The summed E-state index contributed by atoms with van der Waals surface area (Å²) in [4.78, 5) is 16.3. The molecule has 1 N–H and O–H groups in total.